The third-order valence-electron chi connectivity index (χ3n) is 2.76. The summed E-state index contributed by atoms with van der Waals surface area (Å²) in [6.07, 6.45) is 7.92. The Hall–Kier alpha value is -0.260. The minimum atomic E-state index is -0.337. The lowest BCUT2D eigenvalue weighted by Gasteiger charge is -2.21. The second-order valence-corrected chi connectivity index (χ2v) is 4.55. The molecule has 0 saturated carbocycles. The Morgan fingerprint density at radius 1 is 1.07 bits per heavy atom. The van der Waals surface area contributed by atoms with Gasteiger partial charge in [0.25, 0.3) is 0 Å². The number of alkyl halides is 1. The lowest BCUT2D eigenvalue weighted by Crippen LogP contribution is -2.31. The van der Waals surface area contributed by atoms with Crippen molar-refractivity contribution in [2.45, 2.75) is 43.9 Å². The third kappa shape index (κ3) is 4.83. The van der Waals surface area contributed by atoms with Crippen molar-refractivity contribution in [3.05, 3.63) is 0 Å². The molecule has 1 saturated heterocycles. The molecule has 1 aliphatic rings. The summed E-state index contributed by atoms with van der Waals surface area (Å²) in [5.41, 5.74) is 0. The van der Waals surface area contributed by atoms with Crippen LogP contribution in [0.3, 0.4) is 0 Å². The summed E-state index contributed by atoms with van der Waals surface area (Å²) in [4.78, 5) is 2.34. The predicted molar refractivity (Wildman–Crippen MR) is 59.4 cm³/mol. The van der Waals surface area contributed by atoms with Gasteiger partial charge in [0.05, 0.1) is 6.07 Å². The molecule has 0 radical (unpaired) electrons. The lowest BCUT2D eigenvalue weighted by atomic mass is 10.1. The Bertz CT molecular complexity index is 178. The molecule has 80 valence electrons. The largest absolute Gasteiger partial charge is 0.301 e. The second kappa shape index (κ2) is 7.09. The molecule has 0 amide bonds. The van der Waals surface area contributed by atoms with Crippen molar-refractivity contribution in [3.63, 3.8) is 0 Å². The molecule has 1 rings (SSSR count). The van der Waals surface area contributed by atoms with Gasteiger partial charge < -0.3 is 4.90 Å². The van der Waals surface area contributed by atoms with Gasteiger partial charge in [0, 0.05) is 6.54 Å². The molecule has 1 atom stereocenters. The van der Waals surface area contributed by atoms with Crippen LogP contribution in [0.1, 0.15) is 38.5 Å². The number of hydrogen-bond acceptors (Lipinski definition) is 2. The van der Waals surface area contributed by atoms with Crippen LogP contribution in [0.2, 0.25) is 0 Å². The molecule has 0 aliphatic carbocycles. The maximum atomic E-state index is 8.64. The van der Waals surface area contributed by atoms with Crippen LogP contribution in [0, 0.1) is 11.3 Å². The van der Waals surface area contributed by atoms with Crippen molar-refractivity contribution >= 4 is 11.6 Å². The highest BCUT2D eigenvalue weighted by molar-refractivity contribution is 6.22. The van der Waals surface area contributed by atoms with E-state index in [1.165, 1.54) is 38.5 Å². The van der Waals surface area contributed by atoms with E-state index in [1.54, 1.807) is 0 Å². The van der Waals surface area contributed by atoms with Crippen LogP contribution in [0.25, 0.3) is 0 Å². The summed E-state index contributed by atoms with van der Waals surface area (Å²) in [5.74, 6) is 0. The fourth-order valence-electron chi connectivity index (χ4n) is 1.94. The van der Waals surface area contributed by atoms with Gasteiger partial charge >= 0.3 is 0 Å². The van der Waals surface area contributed by atoms with E-state index >= 15 is 0 Å². The van der Waals surface area contributed by atoms with Crippen molar-refractivity contribution in [1.29, 1.82) is 5.26 Å². The Balaban J connectivity index is 2.29. The summed E-state index contributed by atoms with van der Waals surface area (Å²) >= 11 is 5.83. The van der Waals surface area contributed by atoms with E-state index in [9.17, 15) is 0 Å². The molecule has 1 heterocycles. The average molecular weight is 215 g/mol. The van der Waals surface area contributed by atoms with Gasteiger partial charge in [0.1, 0.15) is 5.38 Å². The van der Waals surface area contributed by atoms with Crippen molar-refractivity contribution in [2.24, 2.45) is 0 Å². The van der Waals surface area contributed by atoms with E-state index in [-0.39, 0.29) is 5.38 Å². The van der Waals surface area contributed by atoms with Crippen LogP contribution in [0.15, 0.2) is 0 Å². The highest BCUT2D eigenvalue weighted by Gasteiger charge is 2.11. The van der Waals surface area contributed by atoms with Crippen molar-refractivity contribution in [3.8, 4) is 6.07 Å². The summed E-state index contributed by atoms with van der Waals surface area (Å²) < 4.78 is 0. The number of halogens is 1. The highest BCUT2D eigenvalue weighted by Crippen LogP contribution is 2.12. The Morgan fingerprint density at radius 2 is 1.57 bits per heavy atom. The van der Waals surface area contributed by atoms with Gasteiger partial charge in [0.15, 0.2) is 0 Å². The quantitative estimate of drug-likeness (QED) is 0.661. The van der Waals surface area contributed by atoms with Crippen LogP contribution in [0.5, 0.6) is 0 Å². The first-order chi connectivity index (χ1) is 6.83. The van der Waals surface area contributed by atoms with Gasteiger partial charge in [-0.25, -0.2) is 0 Å². The minimum Gasteiger partial charge on any atom is -0.301 e. The third-order valence-corrected chi connectivity index (χ3v) is 2.99. The molecule has 1 aliphatic heterocycles. The Labute approximate surface area is 91.8 Å². The fourth-order valence-corrected chi connectivity index (χ4v) is 2.13. The van der Waals surface area contributed by atoms with Gasteiger partial charge in [-0.3, -0.25) is 0 Å². The number of nitriles is 1. The SMILES string of the molecule is N#CC(Cl)CN1CCCCCCCC1. The van der Waals surface area contributed by atoms with Crippen molar-refractivity contribution < 1.29 is 0 Å². The molecule has 0 bridgehead atoms. The van der Waals surface area contributed by atoms with Crippen LogP contribution >= 0.6 is 11.6 Å². The molecular formula is C11H19ClN2. The summed E-state index contributed by atoms with van der Waals surface area (Å²) in [7, 11) is 0. The van der Waals surface area contributed by atoms with Crippen molar-refractivity contribution in [1.82, 2.24) is 4.90 Å². The first-order valence-corrected chi connectivity index (χ1v) is 6.02. The molecule has 0 aromatic heterocycles. The molecule has 0 aromatic carbocycles. The Morgan fingerprint density at radius 3 is 2.07 bits per heavy atom. The normalized spacial score (nSPS) is 22.9. The Kier molecular flexibility index (Phi) is 5.98. The average Bonchev–Trinajstić information content (AvgIpc) is 2.31. The maximum absolute atomic E-state index is 8.64. The number of rotatable bonds is 2. The molecule has 14 heavy (non-hydrogen) atoms. The van der Waals surface area contributed by atoms with Gasteiger partial charge in [-0.05, 0) is 25.9 Å². The zero-order chi connectivity index (χ0) is 10.2. The molecule has 0 N–H and O–H groups in total. The number of hydrogen-bond donors (Lipinski definition) is 0. The zero-order valence-electron chi connectivity index (χ0n) is 8.71. The number of nitrogens with zero attached hydrogens (tertiary/aromatic N) is 2. The van der Waals surface area contributed by atoms with Crippen LogP contribution in [-0.2, 0) is 0 Å². The van der Waals surface area contributed by atoms with Crippen LogP contribution in [0.4, 0.5) is 0 Å². The van der Waals surface area contributed by atoms with E-state index < -0.39 is 0 Å². The standard InChI is InChI=1S/C11H19ClN2/c12-11(9-13)10-14-7-5-3-1-2-4-6-8-14/h11H,1-8,10H2. The van der Waals surface area contributed by atoms with Gasteiger partial charge in [-0.1, -0.05) is 25.7 Å². The first kappa shape index (κ1) is 11.8. The molecule has 1 unspecified atom stereocenters. The van der Waals surface area contributed by atoms with E-state index in [1.807, 2.05) is 0 Å². The lowest BCUT2D eigenvalue weighted by molar-refractivity contribution is 0.276. The van der Waals surface area contributed by atoms with Gasteiger partial charge in [0.2, 0.25) is 0 Å². The minimum absolute atomic E-state index is 0.337. The molecular weight excluding hydrogens is 196 g/mol. The molecule has 2 nitrogen and oxygen atoms in total. The molecule has 0 aromatic rings. The van der Waals surface area contributed by atoms with Gasteiger partial charge in [-0.15, -0.1) is 11.6 Å². The highest BCUT2D eigenvalue weighted by atomic mass is 35.5. The zero-order valence-corrected chi connectivity index (χ0v) is 9.47. The van der Waals surface area contributed by atoms with E-state index in [4.69, 9.17) is 16.9 Å². The first-order valence-electron chi connectivity index (χ1n) is 5.59. The van der Waals surface area contributed by atoms with E-state index in [0.717, 1.165) is 19.6 Å². The van der Waals surface area contributed by atoms with E-state index in [0.29, 0.717) is 0 Å². The topological polar surface area (TPSA) is 27.0 Å². The molecule has 1 fully saturated rings. The summed E-state index contributed by atoms with van der Waals surface area (Å²) in [5, 5.41) is 8.30. The van der Waals surface area contributed by atoms with Crippen LogP contribution in [-0.4, -0.2) is 29.9 Å². The fraction of sp³-hybridized carbons (Fsp3) is 0.909. The van der Waals surface area contributed by atoms with Gasteiger partial charge in [-0.2, -0.15) is 5.26 Å². The maximum Gasteiger partial charge on any atom is 0.133 e. The van der Waals surface area contributed by atoms with E-state index in [2.05, 4.69) is 11.0 Å². The molecule has 0 spiro atoms. The predicted octanol–water partition coefficient (Wildman–Crippen LogP) is 2.77. The molecule has 3 heteroatoms. The monoisotopic (exact) mass is 214 g/mol. The van der Waals surface area contributed by atoms with Crippen molar-refractivity contribution in [2.75, 3.05) is 19.6 Å². The summed E-state index contributed by atoms with van der Waals surface area (Å²) in [6.45, 7) is 2.97. The smallest absolute Gasteiger partial charge is 0.133 e. The summed E-state index contributed by atoms with van der Waals surface area (Å²) in [6, 6.07) is 2.09. The second-order valence-electron chi connectivity index (χ2n) is 4.02. The van der Waals surface area contributed by atoms with Crippen LogP contribution < -0.4 is 0 Å².